The number of halogens is 1. The molecule has 0 bridgehead atoms. The lowest BCUT2D eigenvalue weighted by atomic mass is 10.0. The van der Waals surface area contributed by atoms with Crippen LogP contribution in [0.5, 0.6) is 0 Å². The number of carboxylic acid groups (broad SMARTS) is 1. The Hall–Kier alpha value is -2.15. The van der Waals surface area contributed by atoms with Crippen LogP contribution in [0.4, 0.5) is 0 Å². The zero-order chi connectivity index (χ0) is 17.1. The van der Waals surface area contributed by atoms with Crippen molar-refractivity contribution in [2.75, 3.05) is 0 Å². The standard InChI is InChI=1S/C17H18BrN3O3/c18-12-6-4-11(5-7-12)14(9-16(22)23)20-17(24)13-10-19-21-8-2-1-3-15(13)21/h4-7,10,14H,1-3,8-9H2,(H,20,24)(H,22,23). The number of carbonyl (C=O) groups is 2. The average molecular weight is 392 g/mol. The number of nitrogens with one attached hydrogen (secondary N) is 1. The van der Waals surface area contributed by atoms with Crippen LogP contribution in [-0.2, 0) is 17.8 Å². The summed E-state index contributed by atoms with van der Waals surface area (Å²) in [5.41, 5.74) is 2.24. The van der Waals surface area contributed by atoms with Crippen molar-refractivity contribution >= 4 is 27.8 Å². The van der Waals surface area contributed by atoms with Crippen LogP contribution >= 0.6 is 15.9 Å². The van der Waals surface area contributed by atoms with E-state index in [1.807, 2.05) is 28.9 Å². The molecule has 0 fully saturated rings. The minimum Gasteiger partial charge on any atom is -0.481 e. The predicted molar refractivity (Wildman–Crippen MR) is 91.8 cm³/mol. The van der Waals surface area contributed by atoms with Gasteiger partial charge in [-0.3, -0.25) is 14.3 Å². The highest BCUT2D eigenvalue weighted by Crippen LogP contribution is 2.22. The fraction of sp³-hybridized carbons (Fsp3) is 0.353. The molecular weight excluding hydrogens is 374 g/mol. The molecule has 1 amide bonds. The lowest BCUT2D eigenvalue weighted by Crippen LogP contribution is -2.31. The van der Waals surface area contributed by atoms with Gasteiger partial charge in [0.25, 0.3) is 5.91 Å². The fourth-order valence-corrected chi connectivity index (χ4v) is 3.23. The first-order chi connectivity index (χ1) is 11.5. The summed E-state index contributed by atoms with van der Waals surface area (Å²) in [6.07, 6.45) is 4.34. The third-order valence-corrected chi connectivity index (χ3v) is 4.71. The van der Waals surface area contributed by atoms with Gasteiger partial charge >= 0.3 is 5.97 Å². The molecule has 0 saturated carbocycles. The largest absolute Gasteiger partial charge is 0.481 e. The van der Waals surface area contributed by atoms with Crippen molar-refractivity contribution in [3.05, 3.63) is 51.8 Å². The monoisotopic (exact) mass is 391 g/mol. The van der Waals surface area contributed by atoms with Gasteiger partial charge in [0.05, 0.1) is 29.9 Å². The minimum absolute atomic E-state index is 0.170. The summed E-state index contributed by atoms with van der Waals surface area (Å²) in [7, 11) is 0. The van der Waals surface area contributed by atoms with Crippen molar-refractivity contribution in [3.63, 3.8) is 0 Å². The van der Waals surface area contributed by atoms with E-state index in [0.29, 0.717) is 5.56 Å². The summed E-state index contributed by atoms with van der Waals surface area (Å²) >= 11 is 3.35. The van der Waals surface area contributed by atoms with Gasteiger partial charge in [0.2, 0.25) is 0 Å². The number of amides is 1. The first kappa shape index (κ1) is 16.7. The lowest BCUT2D eigenvalue weighted by Gasteiger charge is -2.19. The van der Waals surface area contributed by atoms with Gasteiger partial charge in [-0.15, -0.1) is 0 Å². The SMILES string of the molecule is O=C(O)CC(NC(=O)c1cnn2c1CCCC2)c1ccc(Br)cc1. The van der Waals surface area contributed by atoms with Crippen LogP contribution in [0.1, 0.15) is 46.9 Å². The smallest absolute Gasteiger partial charge is 0.305 e. The number of fused-ring (bicyclic) bond motifs is 1. The van der Waals surface area contributed by atoms with E-state index in [9.17, 15) is 9.59 Å². The summed E-state index contributed by atoms with van der Waals surface area (Å²) in [6, 6.07) is 6.70. The second kappa shape index (κ2) is 7.17. The van der Waals surface area contributed by atoms with E-state index < -0.39 is 12.0 Å². The van der Waals surface area contributed by atoms with Gasteiger partial charge in [-0.25, -0.2) is 0 Å². The molecule has 126 valence electrons. The first-order valence-electron chi connectivity index (χ1n) is 7.87. The molecule has 1 aliphatic rings. The molecule has 3 rings (SSSR count). The molecule has 2 heterocycles. The normalized spacial score (nSPS) is 14.7. The highest BCUT2D eigenvalue weighted by molar-refractivity contribution is 9.10. The molecule has 1 aromatic heterocycles. The van der Waals surface area contributed by atoms with Gasteiger partial charge in [-0.1, -0.05) is 28.1 Å². The predicted octanol–water partition coefficient (Wildman–Crippen LogP) is 2.93. The summed E-state index contributed by atoms with van der Waals surface area (Å²) in [5, 5.41) is 16.3. The number of hydrogen-bond acceptors (Lipinski definition) is 3. The topological polar surface area (TPSA) is 84.2 Å². The molecule has 1 atom stereocenters. The Labute approximate surface area is 148 Å². The number of rotatable bonds is 5. The van der Waals surface area contributed by atoms with Crippen LogP contribution < -0.4 is 5.32 Å². The Kier molecular flexibility index (Phi) is 4.99. The van der Waals surface area contributed by atoms with Crippen molar-refractivity contribution < 1.29 is 14.7 Å². The number of aryl methyl sites for hydroxylation is 1. The van der Waals surface area contributed by atoms with E-state index in [2.05, 4.69) is 26.3 Å². The maximum Gasteiger partial charge on any atom is 0.305 e. The van der Waals surface area contributed by atoms with Crippen molar-refractivity contribution in [1.82, 2.24) is 15.1 Å². The van der Waals surface area contributed by atoms with Crippen LogP contribution in [0.15, 0.2) is 34.9 Å². The quantitative estimate of drug-likeness (QED) is 0.820. The van der Waals surface area contributed by atoms with Crippen LogP contribution in [0.2, 0.25) is 0 Å². The molecule has 1 aliphatic heterocycles. The molecule has 1 unspecified atom stereocenters. The minimum atomic E-state index is -0.958. The highest BCUT2D eigenvalue weighted by atomic mass is 79.9. The Morgan fingerprint density at radius 2 is 2.04 bits per heavy atom. The van der Waals surface area contributed by atoms with E-state index >= 15 is 0 Å². The van der Waals surface area contributed by atoms with Gasteiger partial charge in [-0.05, 0) is 37.0 Å². The molecule has 24 heavy (non-hydrogen) atoms. The third kappa shape index (κ3) is 3.67. The van der Waals surface area contributed by atoms with E-state index in [4.69, 9.17) is 5.11 Å². The van der Waals surface area contributed by atoms with Crippen molar-refractivity contribution in [2.24, 2.45) is 0 Å². The number of aliphatic carboxylic acids is 1. The van der Waals surface area contributed by atoms with E-state index in [0.717, 1.165) is 41.5 Å². The van der Waals surface area contributed by atoms with E-state index in [1.54, 1.807) is 6.20 Å². The summed E-state index contributed by atoms with van der Waals surface area (Å²) in [5.74, 6) is -1.23. The Bertz CT molecular complexity index is 755. The van der Waals surface area contributed by atoms with Gasteiger partial charge in [0, 0.05) is 11.0 Å². The van der Waals surface area contributed by atoms with Crippen LogP contribution in [0.25, 0.3) is 0 Å². The van der Waals surface area contributed by atoms with Crippen LogP contribution in [-0.4, -0.2) is 26.8 Å². The number of benzene rings is 1. The van der Waals surface area contributed by atoms with Gasteiger partial charge in [0.1, 0.15) is 0 Å². The zero-order valence-electron chi connectivity index (χ0n) is 13.0. The molecule has 1 aromatic carbocycles. The van der Waals surface area contributed by atoms with E-state index in [1.165, 1.54) is 0 Å². The number of hydrogen-bond donors (Lipinski definition) is 2. The lowest BCUT2D eigenvalue weighted by molar-refractivity contribution is -0.137. The number of nitrogens with zero attached hydrogens (tertiary/aromatic N) is 2. The van der Waals surface area contributed by atoms with Gasteiger partial charge in [-0.2, -0.15) is 5.10 Å². The third-order valence-electron chi connectivity index (χ3n) is 4.18. The maximum atomic E-state index is 12.6. The second-order valence-corrected chi connectivity index (χ2v) is 6.78. The number of aromatic nitrogens is 2. The molecule has 0 spiro atoms. The van der Waals surface area contributed by atoms with Gasteiger partial charge < -0.3 is 10.4 Å². The van der Waals surface area contributed by atoms with Crippen LogP contribution in [0.3, 0.4) is 0 Å². The average Bonchev–Trinajstić information content (AvgIpc) is 2.98. The molecule has 6 nitrogen and oxygen atoms in total. The molecular formula is C17H18BrN3O3. The molecule has 0 saturated heterocycles. The molecule has 0 radical (unpaired) electrons. The van der Waals surface area contributed by atoms with Crippen LogP contribution in [0, 0.1) is 0 Å². The highest BCUT2D eigenvalue weighted by Gasteiger charge is 2.23. The molecule has 2 N–H and O–H groups in total. The number of carboxylic acids is 1. The summed E-state index contributed by atoms with van der Waals surface area (Å²) in [4.78, 5) is 23.8. The van der Waals surface area contributed by atoms with Gasteiger partial charge in [0.15, 0.2) is 0 Å². The Morgan fingerprint density at radius 3 is 2.75 bits per heavy atom. The fourth-order valence-electron chi connectivity index (χ4n) is 2.97. The van der Waals surface area contributed by atoms with Crippen molar-refractivity contribution in [2.45, 2.75) is 38.3 Å². The van der Waals surface area contributed by atoms with E-state index in [-0.39, 0.29) is 12.3 Å². The summed E-state index contributed by atoms with van der Waals surface area (Å²) in [6.45, 7) is 0.827. The first-order valence-corrected chi connectivity index (χ1v) is 8.66. The Morgan fingerprint density at radius 1 is 1.29 bits per heavy atom. The zero-order valence-corrected chi connectivity index (χ0v) is 14.6. The number of carbonyl (C=O) groups excluding carboxylic acids is 1. The van der Waals surface area contributed by atoms with Crippen molar-refractivity contribution in [3.8, 4) is 0 Å². The second-order valence-electron chi connectivity index (χ2n) is 5.86. The molecule has 7 heteroatoms. The molecule has 2 aromatic rings. The maximum absolute atomic E-state index is 12.6. The van der Waals surface area contributed by atoms with Crippen molar-refractivity contribution in [1.29, 1.82) is 0 Å². The summed E-state index contributed by atoms with van der Waals surface area (Å²) < 4.78 is 2.77. The Balaban J connectivity index is 1.81. The molecule has 0 aliphatic carbocycles.